The Bertz CT molecular complexity index is 236. The fraction of sp³-hybridized carbons (Fsp3) is 1.00. The normalized spacial score (nSPS) is 19.4. The molecule has 1 rings (SSSR count). The first-order valence-electron chi connectivity index (χ1n) is 8.98. The van der Waals surface area contributed by atoms with Crippen LogP contribution in [-0.2, 0) is 0 Å². The van der Waals surface area contributed by atoms with Gasteiger partial charge < -0.3 is 0 Å². The van der Waals surface area contributed by atoms with E-state index in [2.05, 4.69) is 44.4 Å². The lowest BCUT2D eigenvalue weighted by Crippen LogP contribution is -2.47. The highest BCUT2D eigenvalue weighted by atomic mass is 15.2. The van der Waals surface area contributed by atoms with Crippen LogP contribution in [0.2, 0.25) is 0 Å². The van der Waals surface area contributed by atoms with Gasteiger partial charge in [-0.05, 0) is 46.7 Å². The Morgan fingerprint density at radius 3 is 1.80 bits per heavy atom. The lowest BCUT2D eigenvalue weighted by molar-refractivity contribution is 0.1000. The third-order valence-electron chi connectivity index (χ3n) is 4.98. The van der Waals surface area contributed by atoms with Crippen molar-refractivity contribution in [3.05, 3.63) is 0 Å². The lowest BCUT2D eigenvalue weighted by Gasteiger charge is -2.38. The van der Waals surface area contributed by atoms with Crippen molar-refractivity contribution in [2.24, 2.45) is 0 Å². The lowest BCUT2D eigenvalue weighted by atomic mass is 9.95. The van der Waals surface area contributed by atoms with Gasteiger partial charge in [-0.2, -0.15) is 0 Å². The van der Waals surface area contributed by atoms with Gasteiger partial charge in [0.25, 0.3) is 0 Å². The topological polar surface area (TPSA) is 6.48 Å². The van der Waals surface area contributed by atoms with Gasteiger partial charge in [-0.25, -0.2) is 0 Å². The van der Waals surface area contributed by atoms with Crippen LogP contribution in [0.15, 0.2) is 0 Å². The molecule has 0 N–H and O–H groups in total. The number of likely N-dealkylation sites (N-methyl/N-ethyl adjacent to an activating group) is 2. The molecule has 0 saturated heterocycles. The molecule has 0 aliphatic heterocycles. The van der Waals surface area contributed by atoms with Crippen molar-refractivity contribution in [2.75, 3.05) is 26.2 Å². The fourth-order valence-electron chi connectivity index (χ4n) is 3.62. The Labute approximate surface area is 127 Å². The van der Waals surface area contributed by atoms with E-state index in [1.54, 1.807) is 0 Å². The zero-order valence-electron chi connectivity index (χ0n) is 14.7. The molecule has 1 aliphatic carbocycles. The molecule has 20 heavy (non-hydrogen) atoms. The highest BCUT2D eigenvalue weighted by molar-refractivity contribution is 4.79. The Morgan fingerprint density at radius 1 is 0.800 bits per heavy atom. The molecular formula is C18H38N2. The first-order valence-corrected chi connectivity index (χ1v) is 8.98. The minimum atomic E-state index is 0.301. The van der Waals surface area contributed by atoms with Gasteiger partial charge in [0.1, 0.15) is 0 Å². The van der Waals surface area contributed by atoms with Crippen LogP contribution in [0.3, 0.4) is 0 Å². The monoisotopic (exact) mass is 282 g/mol. The van der Waals surface area contributed by atoms with E-state index in [0.717, 1.165) is 12.6 Å². The molecule has 0 aromatic carbocycles. The average Bonchev–Trinajstić information content (AvgIpc) is 2.34. The van der Waals surface area contributed by atoms with Crippen molar-refractivity contribution >= 4 is 0 Å². The Balaban J connectivity index is 2.48. The summed E-state index contributed by atoms with van der Waals surface area (Å²) >= 11 is 0. The summed E-state index contributed by atoms with van der Waals surface area (Å²) < 4.78 is 0. The van der Waals surface area contributed by atoms with Gasteiger partial charge in [-0.15, -0.1) is 0 Å². The summed E-state index contributed by atoms with van der Waals surface area (Å²) in [7, 11) is 0. The van der Waals surface area contributed by atoms with E-state index in [9.17, 15) is 0 Å². The summed E-state index contributed by atoms with van der Waals surface area (Å²) in [5.74, 6) is 0. The maximum Gasteiger partial charge on any atom is 0.0125 e. The van der Waals surface area contributed by atoms with Crippen molar-refractivity contribution in [1.29, 1.82) is 0 Å². The molecule has 0 unspecified atom stereocenters. The van der Waals surface area contributed by atoms with Crippen LogP contribution in [-0.4, -0.2) is 47.6 Å². The molecular weight excluding hydrogens is 244 g/mol. The molecule has 2 nitrogen and oxygen atoms in total. The minimum absolute atomic E-state index is 0.301. The molecule has 0 heterocycles. The molecule has 1 fully saturated rings. The van der Waals surface area contributed by atoms with Crippen molar-refractivity contribution in [2.45, 2.75) is 91.1 Å². The zero-order valence-corrected chi connectivity index (χ0v) is 14.7. The predicted octanol–water partition coefficient (Wildman–Crippen LogP) is 4.54. The molecule has 0 aromatic heterocycles. The van der Waals surface area contributed by atoms with Gasteiger partial charge >= 0.3 is 0 Å². The number of nitrogens with zero attached hydrogens (tertiary/aromatic N) is 2. The largest absolute Gasteiger partial charge is 0.299 e. The van der Waals surface area contributed by atoms with Crippen LogP contribution in [0.5, 0.6) is 0 Å². The second-order valence-corrected chi connectivity index (χ2v) is 7.38. The van der Waals surface area contributed by atoms with Crippen LogP contribution >= 0.6 is 0 Å². The molecule has 2 heteroatoms. The number of hydrogen-bond acceptors (Lipinski definition) is 2. The molecule has 0 bridgehead atoms. The minimum Gasteiger partial charge on any atom is -0.299 e. The van der Waals surface area contributed by atoms with E-state index >= 15 is 0 Å². The Kier molecular flexibility index (Phi) is 8.13. The van der Waals surface area contributed by atoms with Crippen LogP contribution in [0.1, 0.15) is 79.6 Å². The van der Waals surface area contributed by atoms with E-state index < -0.39 is 0 Å². The highest BCUT2D eigenvalue weighted by Gasteiger charge is 2.22. The molecule has 0 atom stereocenters. The quantitative estimate of drug-likeness (QED) is 0.705. The summed E-state index contributed by atoms with van der Waals surface area (Å²) in [4.78, 5) is 5.36. The van der Waals surface area contributed by atoms with E-state index in [0.29, 0.717) is 5.54 Å². The maximum absolute atomic E-state index is 2.75. The van der Waals surface area contributed by atoms with E-state index in [1.807, 2.05) is 0 Å². The van der Waals surface area contributed by atoms with Crippen LogP contribution in [0.25, 0.3) is 0 Å². The Morgan fingerprint density at radius 2 is 1.35 bits per heavy atom. The second-order valence-electron chi connectivity index (χ2n) is 7.38. The maximum atomic E-state index is 2.75. The molecule has 0 radical (unpaired) electrons. The predicted molar refractivity (Wildman–Crippen MR) is 90.4 cm³/mol. The van der Waals surface area contributed by atoms with E-state index in [1.165, 1.54) is 64.6 Å². The second kappa shape index (κ2) is 9.04. The molecule has 0 aromatic rings. The summed E-state index contributed by atoms with van der Waals surface area (Å²) in [5, 5.41) is 0. The molecule has 0 spiro atoms. The van der Waals surface area contributed by atoms with Gasteiger partial charge in [-0.1, -0.05) is 46.0 Å². The van der Waals surface area contributed by atoms with Gasteiger partial charge in [0.15, 0.2) is 0 Å². The van der Waals surface area contributed by atoms with Gasteiger partial charge in [-0.3, -0.25) is 9.80 Å². The van der Waals surface area contributed by atoms with Gasteiger partial charge in [0, 0.05) is 24.7 Å². The van der Waals surface area contributed by atoms with Crippen LogP contribution < -0.4 is 0 Å². The molecule has 1 saturated carbocycles. The highest BCUT2D eigenvalue weighted by Crippen LogP contribution is 2.21. The van der Waals surface area contributed by atoms with Crippen molar-refractivity contribution in [3.63, 3.8) is 0 Å². The summed E-state index contributed by atoms with van der Waals surface area (Å²) in [6.07, 6.45) is 10.1. The molecule has 0 amide bonds. The summed E-state index contributed by atoms with van der Waals surface area (Å²) in [6.45, 7) is 16.5. The SMILES string of the molecule is CCN(CCN(CC)C(C)(C)C)C1CCCCCCC1. The van der Waals surface area contributed by atoms with Gasteiger partial charge in [0.2, 0.25) is 0 Å². The average molecular weight is 283 g/mol. The number of rotatable bonds is 6. The third-order valence-corrected chi connectivity index (χ3v) is 4.98. The van der Waals surface area contributed by atoms with Crippen LogP contribution in [0, 0.1) is 0 Å². The van der Waals surface area contributed by atoms with Crippen LogP contribution in [0.4, 0.5) is 0 Å². The smallest absolute Gasteiger partial charge is 0.0125 e. The van der Waals surface area contributed by atoms with E-state index in [-0.39, 0.29) is 0 Å². The van der Waals surface area contributed by atoms with Gasteiger partial charge in [0.05, 0.1) is 0 Å². The standard InChI is InChI=1S/C18H38N2/c1-6-19(15-16-20(7-2)18(3,4)5)17-13-11-9-8-10-12-14-17/h17H,6-16H2,1-5H3. The van der Waals surface area contributed by atoms with E-state index in [4.69, 9.17) is 0 Å². The zero-order chi connectivity index (χ0) is 15.0. The summed E-state index contributed by atoms with van der Waals surface area (Å²) in [5.41, 5.74) is 0.301. The summed E-state index contributed by atoms with van der Waals surface area (Å²) in [6, 6.07) is 0.846. The first-order chi connectivity index (χ1) is 9.49. The Hall–Kier alpha value is -0.0800. The first kappa shape index (κ1) is 18.0. The van der Waals surface area contributed by atoms with Crippen molar-refractivity contribution in [1.82, 2.24) is 9.80 Å². The molecule has 120 valence electrons. The fourth-order valence-corrected chi connectivity index (χ4v) is 3.62. The van der Waals surface area contributed by atoms with Crippen molar-refractivity contribution in [3.8, 4) is 0 Å². The van der Waals surface area contributed by atoms with Crippen molar-refractivity contribution < 1.29 is 0 Å². The number of hydrogen-bond donors (Lipinski definition) is 0. The molecule has 1 aliphatic rings. The third kappa shape index (κ3) is 6.13.